The molecule has 2 saturated carbocycles. The topological polar surface area (TPSA) is 83.3 Å². The van der Waals surface area contributed by atoms with E-state index < -0.39 is 17.5 Å². The van der Waals surface area contributed by atoms with Crippen LogP contribution >= 0.6 is 11.6 Å². The standard InChI is InChI=1S/C27H34ClN3O4/c1-17-29-25(31(2)30-17)14-21-23(32)15-27(35-26(21)33,20-5-3-4-6-20)12-11-18-9-10-24(22(28)13-18)34-16-19-7-8-19/h9-10,13,19-21H,3-8,11-12,14-16H2,1-2H3. The molecule has 188 valence electrons. The summed E-state index contributed by atoms with van der Waals surface area (Å²) < 4.78 is 13.7. The zero-order valence-corrected chi connectivity index (χ0v) is 21.4. The van der Waals surface area contributed by atoms with Gasteiger partial charge in [-0.2, -0.15) is 5.10 Å². The Morgan fingerprint density at radius 1 is 1.20 bits per heavy atom. The van der Waals surface area contributed by atoms with Gasteiger partial charge in [0.05, 0.1) is 11.6 Å². The van der Waals surface area contributed by atoms with Crippen LogP contribution in [0.5, 0.6) is 5.75 Å². The average molecular weight is 500 g/mol. The van der Waals surface area contributed by atoms with E-state index >= 15 is 0 Å². The third-order valence-electron chi connectivity index (χ3n) is 7.90. The van der Waals surface area contributed by atoms with Crippen LogP contribution in [0.2, 0.25) is 5.02 Å². The van der Waals surface area contributed by atoms with Crippen molar-refractivity contribution in [3.63, 3.8) is 0 Å². The van der Waals surface area contributed by atoms with E-state index in [1.54, 1.807) is 18.7 Å². The fraction of sp³-hybridized carbons (Fsp3) is 0.630. The number of cyclic esters (lactones) is 1. The van der Waals surface area contributed by atoms with Crippen molar-refractivity contribution in [2.45, 2.75) is 76.7 Å². The smallest absolute Gasteiger partial charge is 0.317 e. The minimum atomic E-state index is -0.816. The summed E-state index contributed by atoms with van der Waals surface area (Å²) in [5.41, 5.74) is 0.316. The highest BCUT2D eigenvalue weighted by Crippen LogP contribution is 2.45. The first-order chi connectivity index (χ1) is 16.8. The highest BCUT2D eigenvalue weighted by Gasteiger charge is 2.51. The van der Waals surface area contributed by atoms with Crippen LogP contribution in [0.25, 0.3) is 0 Å². The summed E-state index contributed by atoms with van der Waals surface area (Å²) in [5, 5.41) is 4.85. The first-order valence-corrected chi connectivity index (χ1v) is 13.2. The van der Waals surface area contributed by atoms with Crippen molar-refractivity contribution in [3.8, 4) is 5.75 Å². The van der Waals surface area contributed by atoms with Crippen LogP contribution < -0.4 is 4.74 Å². The summed E-state index contributed by atoms with van der Waals surface area (Å²) in [6.45, 7) is 2.52. The van der Waals surface area contributed by atoms with Gasteiger partial charge in [-0.1, -0.05) is 30.5 Å². The average Bonchev–Trinajstić information content (AvgIpc) is 3.35. The van der Waals surface area contributed by atoms with Gasteiger partial charge in [-0.15, -0.1) is 0 Å². The Morgan fingerprint density at radius 2 is 1.97 bits per heavy atom. The summed E-state index contributed by atoms with van der Waals surface area (Å²) in [7, 11) is 1.78. The van der Waals surface area contributed by atoms with E-state index in [-0.39, 0.29) is 24.5 Å². The minimum absolute atomic E-state index is 0.0457. The van der Waals surface area contributed by atoms with Crippen LogP contribution in [0.3, 0.4) is 0 Å². The SMILES string of the molecule is Cc1nc(CC2C(=O)CC(CCc3ccc(OCC4CC4)c(Cl)c3)(C3CCCC3)OC2=O)n(C)n1. The Labute approximate surface area is 211 Å². The number of hydrogen-bond donors (Lipinski definition) is 0. The fourth-order valence-electron chi connectivity index (χ4n) is 5.66. The third kappa shape index (κ3) is 5.40. The number of aromatic nitrogens is 3. The first-order valence-electron chi connectivity index (χ1n) is 12.9. The van der Waals surface area contributed by atoms with Crippen LogP contribution in [0, 0.1) is 24.7 Å². The number of aryl methyl sites for hydroxylation is 3. The normalized spacial score (nSPS) is 25.2. The molecule has 5 rings (SSSR count). The van der Waals surface area contributed by atoms with Crippen molar-refractivity contribution in [2.75, 3.05) is 6.61 Å². The molecule has 0 spiro atoms. The summed E-state index contributed by atoms with van der Waals surface area (Å²) in [5.74, 6) is 1.57. The lowest BCUT2D eigenvalue weighted by Gasteiger charge is -2.43. The molecule has 0 bridgehead atoms. The maximum absolute atomic E-state index is 13.3. The van der Waals surface area contributed by atoms with Gasteiger partial charge < -0.3 is 9.47 Å². The molecule has 1 aromatic carbocycles. The molecule has 0 N–H and O–H groups in total. The lowest BCUT2D eigenvalue weighted by molar-refractivity contribution is -0.185. The number of ketones is 1. The zero-order chi connectivity index (χ0) is 24.6. The van der Waals surface area contributed by atoms with Gasteiger partial charge in [0, 0.05) is 19.9 Å². The Bertz CT molecular complexity index is 1090. The molecule has 0 amide bonds. The van der Waals surface area contributed by atoms with Crippen LogP contribution in [-0.2, 0) is 34.2 Å². The van der Waals surface area contributed by atoms with Gasteiger partial charge in [-0.05, 0) is 75.0 Å². The number of rotatable bonds is 9. The van der Waals surface area contributed by atoms with Crippen LogP contribution in [-0.4, -0.2) is 38.7 Å². The summed E-state index contributed by atoms with van der Waals surface area (Å²) >= 11 is 6.50. The minimum Gasteiger partial charge on any atom is -0.492 e. The molecule has 0 radical (unpaired) electrons. The fourth-order valence-corrected chi connectivity index (χ4v) is 5.92. The number of esters is 1. The maximum atomic E-state index is 13.3. The number of ether oxygens (including phenoxy) is 2. The molecule has 2 aliphatic carbocycles. The van der Waals surface area contributed by atoms with Gasteiger partial charge in [0.15, 0.2) is 5.78 Å². The van der Waals surface area contributed by atoms with E-state index in [1.807, 2.05) is 18.2 Å². The Kier molecular flexibility index (Phi) is 6.88. The van der Waals surface area contributed by atoms with Crippen molar-refractivity contribution < 1.29 is 19.1 Å². The molecule has 3 fully saturated rings. The lowest BCUT2D eigenvalue weighted by Crippen LogP contribution is -2.52. The van der Waals surface area contributed by atoms with Crippen molar-refractivity contribution in [1.29, 1.82) is 0 Å². The Balaban J connectivity index is 1.29. The van der Waals surface area contributed by atoms with Crippen LogP contribution in [0.1, 0.15) is 68.6 Å². The van der Waals surface area contributed by atoms with Crippen molar-refractivity contribution >= 4 is 23.4 Å². The second kappa shape index (κ2) is 9.92. The number of halogens is 1. The molecule has 2 atom stereocenters. The van der Waals surface area contributed by atoms with E-state index in [9.17, 15) is 9.59 Å². The molecule has 8 heteroatoms. The van der Waals surface area contributed by atoms with E-state index in [1.165, 1.54) is 12.8 Å². The second-order valence-corrected chi connectivity index (χ2v) is 11.0. The van der Waals surface area contributed by atoms with Gasteiger partial charge in [-0.25, -0.2) is 4.98 Å². The van der Waals surface area contributed by atoms with Gasteiger partial charge in [0.1, 0.15) is 28.9 Å². The Morgan fingerprint density at radius 3 is 2.60 bits per heavy atom. The van der Waals surface area contributed by atoms with Crippen molar-refractivity contribution in [1.82, 2.24) is 14.8 Å². The quantitative estimate of drug-likeness (QED) is 0.364. The van der Waals surface area contributed by atoms with Gasteiger partial charge in [-0.3, -0.25) is 14.3 Å². The van der Waals surface area contributed by atoms with Crippen molar-refractivity contribution in [2.24, 2.45) is 24.8 Å². The number of hydrogen-bond acceptors (Lipinski definition) is 6. The van der Waals surface area contributed by atoms with Crippen molar-refractivity contribution in [3.05, 3.63) is 40.4 Å². The maximum Gasteiger partial charge on any atom is 0.317 e. The molecule has 2 aromatic rings. The summed E-state index contributed by atoms with van der Waals surface area (Å²) in [6.07, 6.45) is 8.46. The number of carbonyl (C=O) groups excluding carboxylic acids is 2. The molecule has 1 saturated heterocycles. The predicted octanol–water partition coefficient (Wildman–Crippen LogP) is 4.80. The molecule has 1 aromatic heterocycles. The molecule has 7 nitrogen and oxygen atoms in total. The lowest BCUT2D eigenvalue weighted by atomic mass is 9.73. The molecule has 1 aliphatic heterocycles. The van der Waals surface area contributed by atoms with E-state index in [2.05, 4.69) is 10.1 Å². The number of benzene rings is 1. The largest absolute Gasteiger partial charge is 0.492 e. The van der Waals surface area contributed by atoms with E-state index in [0.29, 0.717) is 41.2 Å². The van der Waals surface area contributed by atoms with Gasteiger partial charge in [0.25, 0.3) is 0 Å². The molecule has 35 heavy (non-hydrogen) atoms. The van der Waals surface area contributed by atoms with Crippen LogP contribution in [0.4, 0.5) is 0 Å². The van der Waals surface area contributed by atoms with Crippen LogP contribution in [0.15, 0.2) is 18.2 Å². The summed E-state index contributed by atoms with van der Waals surface area (Å²) in [6, 6.07) is 5.90. The number of Topliss-reactive ketones (excluding diaryl/α,β-unsaturated/α-hetero) is 1. The second-order valence-electron chi connectivity index (χ2n) is 10.6. The molecular formula is C27H34ClN3O4. The first kappa shape index (κ1) is 24.3. The Hall–Kier alpha value is -2.41. The highest BCUT2D eigenvalue weighted by atomic mass is 35.5. The van der Waals surface area contributed by atoms with E-state index in [4.69, 9.17) is 21.1 Å². The molecule has 2 unspecified atom stereocenters. The molecular weight excluding hydrogens is 466 g/mol. The predicted molar refractivity (Wildman–Crippen MR) is 131 cm³/mol. The molecule has 2 heterocycles. The van der Waals surface area contributed by atoms with E-state index in [0.717, 1.165) is 37.9 Å². The molecule has 3 aliphatic rings. The number of carbonyl (C=O) groups is 2. The zero-order valence-electron chi connectivity index (χ0n) is 20.6. The van der Waals surface area contributed by atoms with Gasteiger partial charge >= 0.3 is 5.97 Å². The highest BCUT2D eigenvalue weighted by molar-refractivity contribution is 6.32. The monoisotopic (exact) mass is 499 g/mol. The van der Waals surface area contributed by atoms with Gasteiger partial charge in [0.2, 0.25) is 0 Å². The summed E-state index contributed by atoms with van der Waals surface area (Å²) in [4.78, 5) is 30.9. The third-order valence-corrected chi connectivity index (χ3v) is 8.20. The number of nitrogens with zero attached hydrogens (tertiary/aromatic N) is 3.